The average molecular weight is 500 g/mol. The zero-order valence-electron chi connectivity index (χ0n) is 17.4. The highest BCUT2D eigenvalue weighted by molar-refractivity contribution is 14.0. The van der Waals surface area contributed by atoms with Gasteiger partial charge in [-0.15, -0.1) is 24.0 Å². The van der Waals surface area contributed by atoms with Crippen molar-refractivity contribution >= 4 is 36.0 Å². The van der Waals surface area contributed by atoms with Gasteiger partial charge in [-0.1, -0.05) is 0 Å². The summed E-state index contributed by atoms with van der Waals surface area (Å²) in [6.45, 7) is 12.5. The summed E-state index contributed by atoms with van der Waals surface area (Å²) in [5.41, 5.74) is -0.459. The van der Waals surface area contributed by atoms with Crippen molar-refractivity contribution < 1.29 is 19.0 Å². The highest BCUT2D eigenvalue weighted by Crippen LogP contribution is 2.15. The van der Waals surface area contributed by atoms with Crippen LogP contribution in [-0.2, 0) is 14.2 Å². The molecule has 0 spiro atoms. The van der Waals surface area contributed by atoms with E-state index in [1.54, 1.807) is 12.0 Å². The number of hydrogen-bond donors (Lipinski definition) is 2. The molecule has 1 rings (SSSR count). The Morgan fingerprint density at radius 3 is 2.48 bits per heavy atom. The number of ether oxygens (including phenoxy) is 3. The van der Waals surface area contributed by atoms with Crippen LogP contribution in [0.15, 0.2) is 4.99 Å². The molecule has 2 N–H and O–H groups in total. The fraction of sp³-hybridized carbons (Fsp3) is 0.889. The Morgan fingerprint density at radius 2 is 1.89 bits per heavy atom. The van der Waals surface area contributed by atoms with E-state index in [9.17, 15) is 4.79 Å². The Morgan fingerprint density at radius 1 is 1.19 bits per heavy atom. The predicted octanol–water partition coefficient (Wildman–Crippen LogP) is 2.22. The van der Waals surface area contributed by atoms with Gasteiger partial charge >= 0.3 is 6.09 Å². The minimum absolute atomic E-state index is 0. The fourth-order valence-electron chi connectivity index (χ4n) is 2.31. The van der Waals surface area contributed by atoms with Gasteiger partial charge in [0.25, 0.3) is 0 Å². The number of nitrogens with zero attached hydrogens (tertiary/aromatic N) is 2. The molecule has 0 aromatic rings. The fourth-order valence-corrected chi connectivity index (χ4v) is 2.31. The molecule has 1 heterocycles. The van der Waals surface area contributed by atoms with Crippen molar-refractivity contribution in [3.63, 3.8) is 0 Å². The Labute approximate surface area is 180 Å². The molecule has 9 heteroatoms. The first-order valence-electron chi connectivity index (χ1n) is 9.45. The number of rotatable bonds is 10. The molecular weight excluding hydrogens is 463 g/mol. The van der Waals surface area contributed by atoms with E-state index < -0.39 is 5.60 Å². The van der Waals surface area contributed by atoms with Crippen LogP contribution < -0.4 is 10.6 Å². The summed E-state index contributed by atoms with van der Waals surface area (Å²) in [6, 6.07) is 0.206. The summed E-state index contributed by atoms with van der Waals surface area (Å²) in [5, 5.41) is 6.60. The smallest absolute Gasteiger partial charge is 0.410 e. The standard InChI is InChI=1S/C18H36N4O4.HI/c1-6-19-16(20-9-7-8-10-25-12-11-24-5)21-15-13-22(14-15)17(23)26-18(2,3)4;/h15H,6-14H2,1-5H3,(H2,19,20,21);1H. The molecule has 8 nitrogen and oxygen atoms in total. The molecule has 1 aliphatic heterocycles. The Bertz CT molecular complexity index is 438. The zero-order valence-corrected chi connectivity index (χ0v) is 19.7. The maximum Gasteiger partial charge on any atom is 0.410 e. The number of unbranched alkanes of at least 4 members (excludes halogenated alkanes) is 1. The molecule has 0 saturated carbocycles. The summed E-state index contributed by atoms with van der Waals surface area (Å²) in [5.74, 6) is 0.793. The van der Waals surface area contributed by atoms with Crippen LogP contribution in [0.4, 0.5) is 4.79 Å². The van der Waals surface area contributed by atoms with E-state index in [4.69, 9.17) is 14.2 Å². The van der Waals surface area contributed by atoms with Crippen LogP contribution in [0.2, 0.25) is 0 Å². The van der Waals surface area contributed by atoms with E-state index in [-0.39, 0.29) is 36.1 Å². The number of carbonyl (C=O) groups is 1. The molecule has 1 aliphatic rings. The minimum Gasteiger partial charge on any atom is -0.444 e. The highest BCUT2D eigenvalue weighted by atomic mass is 127. The SMILES string of the molecule is CCNC(=NCCCCOCCOC)NC1CN(C(=O)OC(C)(C)C)C1.I. The van der Waals surface area contributed by atoms with E-state index >= 15 is 0 Å². The van der Waals surface area contributed by atoms with Crippen LogP contribution in [0.5, 0.6) is 0 Å². The summed E-state index contributed by atoms with van der Waals surface area (Å²) >= 11 is 0. The lowest BCUT2D eigenvalue weighted by atomic mass is 10.1. The third-order valence-corrected chi connectivity index (χ3v) is 3.62. The van der Waals surface area contributed by atoms with Crippen molar-refractivity contribution in [3.05, 3.63) is 0 Å². The number of methoxy groups -OCH3 is 1. The molecule has 0 aromatic carbocycles. The summed E-state index contributed by atoms with van der Waals surface area (Å²) < 4.78 is 15.7. The zero-order chi connectivity index (χ0) is 19.4. The molecular formula is C18H37IN4O4. The number of aliphatic imine (C=N–C) groups is 1. The van der Waals surface area contributed by atoms with Crippen LogP contribution in [0, 0.1) is 0 Å². The first kappa shape index (κ1) is 26.2. The van der Waals surface area contributed by atoms with Crippen molar-refractivity contribution in [3.8, 4) is 0 Å². The van der Waals surface area contributed by atoms with Crippen LogP contribution in [0.1, 0.15) is 40.5 Å². The third kappa shape index (κ3) is 12.3. The lowest BCUT2D eigenvalue weighted by Gasteiger charge is -2.40. The molecule has 0 bridgehead atoms. The van der Waals surface area contributed by atoms with Gasteiger partial charge in [-0.05, 0) is 40.5 Å². The summed E-state index contributed by atoms with van der Waals surface area (Å²) in [4.78, 5) is 18.2. The lowest BCUT2D eigenvalue weighted by molar-refractivity contribution is 0.00701. The maximum atomic E-state index is 11.9. The van der Waals surface area contributed by atoms with Gasteiger partial charge in [0.05, 0.1) is 19.3 Å². The van der Waals surface area contributed by atoms with Gasteiger partial charge < -0.3 is 29.7 Å². The third-order valence-electron chi connectivity index (χ3n) is 3.62. The normalized spacial score (nSPS) is 15.0. The molecule has 0 atom stereocenters. The second kappa shape index (κ2) is 14.2. The first-order chi connectivity index (χ1) is 12.4. The molecule has 0 unspecified atom stereocenters. The van der Waals surface area contributed by atoms with Gasteiger partial charge in [-0.3, -0.25) is 4.99 Å². The molecule has 0 radical (unpaired) electrons. The van der Waals surface area contributed by atoms with Gasteiger partial charge in [0.2, 0.25) is 0 Å². The molecule has 27 heavy (non-hydrogen) atoms. The molecule has 1 amide bonds. The van der Waals surface area contributed by atoms with E-state index in [1.165, 1.54) is 0 Å². The number of likely N-dealkylation sites (tertiary alicyclic amines) is 1. The van der Waals surface area contributed by atoms with Crippen LogP contribution >= 0.6 is 24.0 Å². The van der Waals surface area contributed by atoms with Gasteiger partial charge in [0.1, 0.15) is 5.60 Å². The monoisotopic (exact) mass is 500 g/mol. The second-order valence-corrected chi connectivity index (χ2v) is 7.30. The van der Waals surface area contributed by atoms with Crippen molar-refractivity contribution in [1.82, 2.24) is 15.5 Å². The van der Waals surface area contributed by atoms with Gasteiger partial charge in [-0.25, -0.2) is 4.79 Å². The summed E-state index contributed by atoms with van der Waals surface area (Å²) in [7, 11) is 1.67. The van der Waals surface area contributed by atoms with Crippen LogP contribution in [0.3, 0.4) is 0 Å². The average Bonchev–Trinajstić information content (AvgIpc) is 2.50. The number of amides is 1. The van der Waals surface area contributed by atoms with Crippen molar-refractivity contribution in [2.75, 3.05) is 53.1 Å². The predicted molar refractivity (Wildman–Crippen MR) is 118 cm³/mol. The van der Waals surface area contributed by atoms with Crippen LogP contribution in [-0.4, -0.2) is 81.7 Å². The van der Waals surface area contributed by atoms with Gasteiger partial charge in [0, 0.05) is 39.9 Å². The van der Waals surface area contributed by atoms with E-state index in [1.807, 2.05) is 27.7 Å². The molecule has 0 aromatic heterocycles. The van der Waals surface area contributed by atoms with Gasteiger partial charge in [-0.2, -0.15) is 0 Å². The second-order valence-electron chi connectivity index (χ2n) is 7.30. The first-order valence-corrected chi connectivity index (χ1v) is 9.45. The molecule has 1 saturated heterocycles. The largest absolute Gasteiger partial charge is 0.444 e. The van der Waals surface area contributed by atoms with Crippen LogP contribution in [0.25, 0.3) is 0 Å². The molecule has 160 valence electrons. The van der Waals surface area contributed by atoms with Crippen molar-refractivity contribution in [2.24, 2.45) is 4.99 Å². The van der Waals surface area contributed by atoms with Crippen molar-refractivity contribution in [2.45, 2.75) is 52.2 Å². The minimum atomic E-state index is -0.459. The number of hydrogen-bond acceptors (Lipinski definition) is 5. The molecule has 0 aliphatic carbocycles. The lowest BCUT2D eigenvalue weighted by Crippen LogP contribution is -2.63. The summed E-state index contributed by atoms with van der Waals surface area (Å²) in [6.07, 6.45) is 1.69. The number of halogens is 1. The highest BCUT2D eigenvalue weighted by Gasteiger charge is 2.34. The number of guanidine groups is 1. The van der Waals surface area contributed by atoms with E-state index in [2.05, 4.69) is 15.6 Å². The number of nitrogens with one attached hydrogen (secondary N) is 2. The topological polar surface area (TPSA) is 84.4 Å². The number of carbonyl (C=O) groups excluding carboxylic acids is 1. The Kier molecular flexibility index (Phi) is 13.8. The van der Waals surface area contributed by atoms with Crippen molar-refractivity contribution in [1.29, 1.82) is 0 Å². The molecule has 1 fully saturated rings. The maximum absolute atomic E-state index is 11.9. The van der Waals surface area contributed by atoms with E-state index in [0.29, 0.717) is 26.3 Å². The quantitative estimate of drug-likeness (QED) is 0.207. The Hall–Kier alpha value is -0.810. The van der Waals surface area contributed by atoms with Gasteiger partial charge in [0.15, 0.2) is 5.96 Å². The Balaban J connectivity index is 0.00000676. The van der Waals surface area contributed by atoms with E-state index in [0.717, 1.165) is 38.5 Å².